The van der Waals surface area contributed by atoms with Gasteiger partial charge in [-0.05, 0) is 97.7 Å². The fraction of sp³-hybridized carbons (Fsp3) is 0.935. The van der Waals surface area contributed by atoms with Crippen LogP contribution in [-0.4, -0.2) is 37.6 Å². The molecule has 0 amide bonds. The highest BCUT2D eigenvalue weighted by atomic mass is 16.5. The Morgan fingerprint density at radius 3 is 2.56 bits per heavy atom. The zero-order valence-electron chi connectivity index (χ0n) is 23.0. The highest BCUT2D eigenvalue weighted by Crippen LogP contribution is 2.67. The maximum atomic E-state index is 8.86. The molecule has 0 saturated heterocycles. The van der Waals surface area contributed by atoms with Gasteiger partial charge >= 0.3 is 0 Å². The summed E-state index contributed by atoms with van der Waals surface area (Å²) in [6.45, 7) is 14.4. The predicted octanol–water partition coefficient (Wildman–Crippen LogP) is 7.42. The van der Waals surface area contributed by atoms with Crippen molar-refractivity contribution in [3.63, 3.8) is 0 Å². The minimum Gasteiger partial charge on any atom is -0.394 e. The molecule has 0 heterocycles. The Bertz CT molecular complexity index is 686. The van der Waals surface area contributed by atoms with E-state index in [4.69, 9.17) is 14.6 Å². The van der Waals surface area contributed by atoms with Crippen molar-refractivity contribution in [2.45, 2.75) is 111 Å². The van der Waals surface area contributed by atoms with Crippen LogP contribution in [-0.2, 0) is 9.47 Å². The Kier molecular flexibility index (Phi) is 8.90. The third-order valence-corrected chi connectivity index (χ3v) is 11.1. The van der Waals surface area contributed by atoms with Crippen molar-refractivity contribution in [2.24, 2.45) is 46.3 Å². The zero-order chi connectivity index (χ0) is 24.3. The lowest BCUT2D eigenvalue weighted by atomic mass is 9.47. The molecule has 0 radical (unpaired) electrons. The first-order valence-corrected chi connectivity index (χ1v) is 14.8. The van der Waals surface area contributed by atoms with Gasteiger partial charge in [-0.3, -0.25) is 0 Å². The molecule has 0 bridgehead atoms. The first-order chi connectivity index (χ1) is 16.3. The molecule has 1 N–H and O–H groups in total. The molecule has 4 aliphatic carbocycles. The third-order valence-electron chi connectivity index (χ3n) is 11.1. The van der Waals surface area contributed by atoms with Gasteiger partial charge in [-0.1, -0.05) is 65.5 Å². The molecule has 4 aliphatic rings. The molecule has 8 atom stereocenters. The van der Waals surface area contributed by atoms with Gasteiger partial charge in [0, 0.05) is 0 Å². The first-order valence-electron chi connectivity index (χ1n) is 14.8. The van der Waals surface area contributed by atoms with Crippen molar-refractivity contribution in [1.29, 1.82) is 0 Å². The van der Waals surface area contributed by atoms with Crippen LogP contribution in [0.4, 0.5) is 0 Å². The predicted molar refractivity (Wildman–Crippen MR) is 141 cm³/mol. The van der Waals surface area contributed by atoms with Crippen LogP contribution >= 0.6 is 0 Å². The first kappa shape index (κ1) is 26.7. The summed E-state index contributed by atoms with van der Waals surface area (Å²) in [7, 11) is 0. The van der Waals surface area contributed by atoms with Crippen LogP contribution in [0.5, 0.6) is 0 Å². The van der Waals surface area contributed by atoms with Crippen LogP contribution in [0.15, 0.2) is 11.6 Å². The van der Waals surface area contributed by atoms with Crippen molar-refractivity contribution in [2.75, 3.05) is 26.4 Å². The average Bonchev–Trinajstić information content (AvgIpc) is 3.16. The summed E-state index contributed by atoms with van der Waals surface area (Å²) in [5, 5.41) is 8.86. The van der Waals surface area contributed by atoms with E-state index in [0.717, 1.165) is 41.9 Å². The van der Waals surface area contributed by atoms with Gasteiger partial charge in [0.25, 0.3) is 0 Å². The fourth-order valence-corrected chi connectivity index (χ4v) is 9.23. The number of allylic oxidation sites excluding steroid dienone is 1. The molecular weight excluding hydrogens is 420 g/mol. The highest BCUT2D eigenvalue weighted by molar-refractivity contribution is 5.25. The smallest absolute Gasteiger partial charge is 0.0704 e. The van der Waals surface area contributed by atoms with E-state index in [2.05, 4.69) is 40.7 Å². The van der Waals surface area contributed by atoms with Gasteiger partial charge in [0.05, 0.1) is 32.5 Å². The monoisotopic (exact) mass is 474 g/mol. The molecule has 8 unspecified atom stereocenters. The van der Waals surface area contributed by atoms with Gasteiger partial charge in [0.15, 0.2) is 0 Å². The molecule has 4 rings (SSSR count). The summed E-state index contributed by atoms with van der Waals surface area (Å²) in [5.74, 6) is 5.42. The number of rotatable bonds is 11. The van der Waals surface area contributed by atoms with Crippen LogP contribution < -0.4 is 0 Å². The number of hydrogen-bond donors (Lipinski definition) is 1. The summed E-state index contributed by atoms with van der Waals surface area (Å²) in [6, 6.07) is 0. The van der Waals surface area contributed by atoms with Crippen LogP contribution in [0.25, 0.3) is 0 Å². The van der Waals surface area contributed by atoms with Gasteiger partial charge in [-0.25, -0.2) is 0 Å². The van der Waals surface area contributed by atoms with Crippen LogP contribution in [0.3, 0.4) is 0 Å². The fourth-order valence-electron chi connectivity index (χ4n) is 9.23. The van der Waals surface area contributed by atoms with E-state index < -0.39 is 0 Å². The summed E-state index contributed by atoms with van der Waals surface area (Å²) in [5.41, 5.74) is 2.69. The van der Waals surface area contributed by atoms with Crippen LogP contribution in [0.1, 0.15) is 105 Å². The third kappa shape index (κ3) is 5.32. The minimum atomic E-state index is 0.0923. The molecule has 0 aromatic heterocycles. The Labute approximate surface area is 210 Å². The highest BCUT2D eigenvalue weighted by Gasteiger charge is 2.59. The van der Waals surface area contributed by atoms with Crippen molar-refractivity contribution >= 4 is 0 Å². The number of ether oxygens (including phenoxy) is 2. The number of aliphatic hydroxyl groups is 1. The minimum absolute atomic E-state index is 0.0923. The van der Waals surface area contributed by atoms with Crippen LogP contribution in [0, 0.1) is 46.3 Å². The second-order valence-corrected chi connectivity index (χ2v) is 13.4. The van der Waals surface area contributed by atoms with E-state index in [9.17, 15) is 0 Å². The zero-order valence-corrected chi connectivity index (χ0v) is 23.0. The van der Waals surface area contributed by atoms with E-state index in [-0.39, 0.29) is 6.61 Å². The summed E-state index contributed by atoms with van der Waals surface area (Å²) in [6.07, 6.45) is 18.1. The summed E-state index contributed by atoms with van der Waals surface area (Å²) >= 11 is 0. The van der Waals surface area contributed by atoms with E-state index in [0.29, 0.717) is 36.8 Å². The molecule has 3 nitrogen and oxygen atoms in total. The van der Waals surface area contributed by atoms with Gasteiger partial charge in [-0.2, -0.15) is 0 Å². The molecule has 0 aliphatic heterocycles. The maximum absolute atomic E-state index is 8.86. The quantitative estimate of drug-likeness (QED) is 0.250. The Morgan fingerprint density at radius 2 is 1.79 bits per heavy atom. The van der Waals surface area contributed by atoms with E-state index in [1.807, 2.05) is 0 Å². The Hall–Kier alpha value is -0.380. The lowest BCUT2D eigenvalue weighted by Crippen LogP contribution is -2.51. The second-order valence-electron chi connectivity index (χ2n) is 13.4. The van der Waals surface area contributed by atoms with Crippen molar-refractivity contribution in [3.05, 3.63) is 11.6 Å². The molecule has 0 aromatic rings. The maximum Gasteiger partial charge on any atom is 0.0704 e. The second kappa shape index (κ2) is 11.3. The largest absolute Gasteiger partial charge is 0.394 e. The Morgan fingerprint density at radius 1 is 0.971 bits per heavy atom. The Balaban J connectivity index is 1.37. The van der Waals surface area contributed by atoms with Gasteiger partial charge in [0.2, 0.25) is 0 Å². The van der Waals surface area contributed by atoms with E-state index in [1.165, 1.54) is 64.2 Å². The molecule has 196 valence electrons. The molecule has 0 spiro atoms. The van der Waals surface area contributed by atoms with Crippen molar-refractivity contribution in [1.82, 2.24) is 0 Å². The van der Waals surface area contributed by atoms with E-state index in [1.54, 1.807) is 5.57 Å². The molecule has 0 aromatic carbocycles. The normalized spacial score (nSPS) is 40.4. The molecule has 3 fully saturated rings. The van der Waals surface area contributed by atoms with Gasteiger partial charge in [0.1, 0.15) is 0 Å². The van der Waals surface area contributed by atoms with E-state index >= 15 is 0 Å². The number of fused-ring (bicyclic) bond motifs is 5. The SMILES string of the molecule is CC(C)CCCC(C)C1CCC2C3CC=C4CC(OCCOCCO)CCC4(C)C3CCC12C. The molecule has 3 saturated carbocycles. The van der Waals surface area contributed by atoms with Gasteiger partial charge < -0.3 is 14.6 Å². The lowest BCUT2D eigenvalue weighted by molar-refractivity contribution is -0.0683. The van der Waals surface area contributed by atoms with Crippen molar-refractivity contribution < 1.29 is 14.6 Å². The molecular formula is C31H54O3. The summed E-state index contributed by atoms with van der Waals surface area (Å²) < 4.78 is 11.6. The molecule has 34 heavy (non-hydrogen) atoms. The van der Waals surface area contributed by atoms with Crippen LogP contribution in [0.2, 0.25) is 0 Å². The standard InChI is InChI=1S/C31H54O3/c1-22(2)7-6-8-23(3)27-11-12-28-26-10-9-24-21-25(34-20-19-33-18-17-32)13-15-30(24,4)29(26)14-16-31(27,28)5/h9,22-23,25-29,32H,6-8,10-21H2,1-5H3. The van der Waals surface area contributed by atoms with Crippen molar-refractivity contribution in [3.8, 4) is 0 Å². The topological polar surface area (TPSA) is 38.7 Å². The molecule has 3 heteroatoms. The lowest BCUT2D eigenvalue weighted by Gasteiger charge is -2.58. The average molecular weight is 475 g/mol. The van der Waals surface area contributed by atoms with Gasteiger partial charge in [-0.15, -0.1) is 0 Å². The summed E-state index contributed by atoms with van der Waals surface area (Å²) in [4.78, 5) is 0. The number of aliphatic hydroxyl groups excluding tert-OH is 1. The number of hydrogen-bond acceptors (Lipinski definition) is 3.